The van der Waals surface area contributed by atoms with Gasteiger partial charge in [0.05, 0.1) is 4.92 Å². The topological polar surface area (TPSA) is 60.2 Å². The number of carbonyl (C=O) groups excluding carboxylic acids is 1. The van der Waals surface area contributed by atoms with Crippen molar-refractivity contribution in [3.63, 3.8) is 0 Å². The Bertz CT molecular complexity index is 530. The SMILES string of the molecule is CC(=O)c1cc([N+](=O)[O-])ccc1SC1CCCC(C)C1. The zero-order chi connectivity index (χ0) is 14.7. The third-order valence-electron chi connectivity index (χ3n) is 3.74. The summed E-state index contributed by atoms with van der Waals surface area (Å²) in [6.07, 6.45) is 4.81. The zero-order valence-electron chi connectivity index (χ0n) is 11.8. The number of carbonyl (C=O) groups is 1. The van der Waals surface area contributed by atoms with E-state index in [1.807, 2.05) is 0 Å². The van der Waals surface area contributed by atoms with Crippen molar-refractivity contribution in [3.8, 4) is 0 Å². The number of hydrogen-bond donors (Lipinski definition) is 0. The van der Waals surface area contributed by atoms with E-state index in [9.17, 15) is 14.9 Å². The molecule has 1 saturated carbocycles. The summed E-state index contributed by atoms with van der Waals surface area (Å²) in [7, 11) is 0. The second-order valence-electron chi connectivity index (χ2n) is 5.51. The van der Waals surface area contributed by atoms with Crippen LogP contribution >= 0.6 is 11.8 Å². The fraction of sp³-hybridized carbons (Fsp3) is 0.533. The van der Waals surface area contributed by atoms with Crippen LogP contribution in [0.5, 0.6) is 0 Å². The Balaban J connectivity index is 2.22. The first kappa shape index (κ1) is 15.0. The van der Waals surface area contributed by atoms with E-state index < -0.39 is 4.92 Å². The van der Waals surface area contributed by atoms with Crippen molar-refractivity contribution in [3.05, 3.63) is 33.9 Å². The van der Waals surface area contributed by atoms with Crippen LogP contribution in [0.15, 0.2) is 23.1 Å². The summed E-state index contributed by atoms with van der Waals surface area (Å²) in [5.74, 6) is 0.611. The molecule has 2 unspecified atom stereocenters. The molecule has 1 aromatic carbocycles. The molecule has 108 valence electrons. The normalized spacial score (nSPS) is 22.5. The van der Waals surface area contributed by atoms with Gasteiger partial charge in [-0.3, -0.25) is 14.9 Å². The van der Waals surface area contributed by atoms with Crippen LogP contribution in [0.2, 0.25) is 0 Å². The van der Waals surface area contributed by atoms with E-state index in [0.717, 1.165) is 23.7 Å². The van der Waals surface area contributed by atoms with Gasteiger partial charge in [0.25, 0.3) is 5.69 Å². The van der Waals surface area contributed by atoms with Crippen LogP contribution in [0.3, 0.4) is 0 Å². The molecule has 0 bridgehead atoms. The molecule has 1 fully saturated rings. The van der Waals surface area contributed by atoms with Gasteiger partial charge in [-0.25, -0.2) is 0 Å². The third-order valence-corrected chi connectivity index (χ3v) is 5.11. The van der Waals surface area contributed by atoms with Crippen LogP contribution < -0.4 is 0 Å². The molecule has 20 heavy (non-hydrogen) atoms. The second kappa shape index (κ2) is 6.39. The van der Waals surface area contributed by atoms with Crippen molar-refractivity contribution >= 4 is 23.2 Å². The molecule has 0 heterocycles. The molecule has 0 spiro atoms. The first-order chi connectivity index (χ1) is 9.47. The highest BCUT2D eigenvalue weighted by atomic mass is 32.2. The highest BCUT2D eigenvalue weighted by Crippen LogP contribution is 2.38. The molecule has 0 aromatic heterocycles. The lowest BCUT2D eigenvalue weighted by molar-refractivity contribution is -0.384. The van der Waals surface area contributed by atoms with Gasteiger partial charge in [0.2, 0.25) is 0 Å². The maximum Gasteiger partial charge on any atom is 0.270 e. The van der Waals surface area contributed by atoms with Crippen molar-refractivity contribution in [1.29, 1.82) is 0 Å². The summed E-state index contributed by atoms with van der Waals surface area (Å²) in [5.41, 5.74) is 0.457. The van der Waals surface area contributed by atoms with Gasteiger partial charge < -0.3 is 0 Å². The highest BCUT2D eigenvalue weighted by molar-refractivity contribution is 8.00. The minimum atomic E-state index is -0.455. The Hall–Kier alpha value is -1.36. The maximum atomic E-state index is 11.7. The van der Waals surface area contributed by atoms with Gasteiger partial charge in [0, 0.05) is 27.8 Å². The second-order valence-corrected chi connectivity index (χ2v) is 6.85. The molecule has 2 rings (SSSR count). The van der Waals surface area contributed by atoms with Gasteiger partial charge in [-0.05, 0) is 31.7 Å². The van der Waals surface area contributed by atoms with E-state index in [-0.39, 0.29) is 11.5 Å². The van der Waals surface area contributed by atoms with Crippen molar-refractivity contribution in [2.75, 3.05) is 0 Å². The van der Waals surface area contributed by atoms with Crippen molar-refractivity contribution < 1.29 is 9.72 Å². The van der Waals surface area contributed by atoms with Crippen molar-refractivity contribution in [2.45, 2.75) is 49.7 Å². The Labute approximate surface area is 123 Å². The van der Waals surface area contributed by atoms with E-state index >= 15 is 0 Å². The number of non-ortho nitro benzene ring substituents is 1. The first-order valence-electron chi connectivity index (χ1n) is 6.93. The van der Waals surface area contributed by atoms with Crippen LogP contribution in [-0.4, -0.2) is 16.0 Å². The highest BCUT2D eigenvalue weighted by Gasteiger charge is 2.22. The Morgan fingerprint density at radius 2 is 2.15 bits per heavy atom. The number of rotatable bonds is 4. The fourth-order valence-electron chi connectivity index (χ4n) is 2.67. The predicted molar refractivity (Wildman–Crippen MR) is 80.4 cm³/mol. The lowest BCUT2D eigenvalue weighted by atomic mass is 9.91. The Morgan fingerprint density at radius 1 is 1.40 bits per heavy atom. The fourth-order valence-corrected chi connectivity index (χ4v) is 4.22. The monoisotopic (exact) mass is 293 g/mol. The molecule has 5 heteroatoms. The van der Waals surface area contributed by atoms with Crippen LogP contribution in [0.4, 0.5) is 5.69 Å². The molecule has 1 aliphatic rings. The van der Waals surface area contributed by atoms with Crippen LogP contribution in [-0.2, 0) is 0 Å². The number of nitro benzene ring substituents is 1. The molecular formula is C15H19NO3S. The average molecular weight is 293 g/mol. The lowest BCUT2D eigenvalue weighted by Gasteiger charge is -2.26. The van der Waals surface area contributed by atoms with E-state index in [4.69, 9.17) is 0 Å². The summed E-state index contributed by atoms with van der Waals surface area (Å²) in [6.45, 7) is 3.72. The van der Waals surface area contributed by atoms with Gasteiger partial charge in [-0.15, -0.1) is 11.8 Å². The number of hydrogen-bond acceptors (Lipinski definition) is 4. The molecule has 0 aliphatic heterocycles. The van der Waals surface area contributed by atoms with Gasteiger partial charge in [-0.1, -0.05) is 19.8 Å². The number of benzene rings is 1. The standard InChI is InChI=1S/C15H19NO3S/c1-10-4-3-5-13(8-10)20-15-7-6-12(16(18)19)9-14(15)11(2)17/h6-7,9-10,13H,3-5,8H2,1-2H3. The number of ketones is 1. The van der Waals surface area contributed by atoms with Crippen molar-refractivity contribution in [1.82, 2.24) is 0 Å². The minimum absolute atomic E-state index is 0.0171. The van der Waals surface area contributed by atoms with E-state index in [1.54, 1.807) is 17.8 Å². The molecule has 0 radical (unpaired) electrons. The van der Waals surface area contributed by atoms with E-state index in [2.05, 4.69) is 6.92 Å². The molecule has 4 nitrogen and oxygen atoms in total. The zero-order valence-corrected chi connectivity index (χ0v) is 12.6. The van der Waals surface area contributed by atoms with Gasteiger partial charge >= 0.3 is 0 Å². The lowest BCUT2D eigenvalue weighted by Crippen LogP contribution is -2.15. The molecule has 0 amide bonds. The summed E-state index contributed by atoms with van der Waals surface area (Å²) < 4.78 is 0. The van der Waals surface area contributed by atoms with E-state index in [1.165, 1.54) is 31.9 Å². The summed E-state index contributed by atoms with van der Waals surface area (Å²) in [5, 5.41) is 11.3. The Kier molecular flexibility index (Phi) is 4.81. The number of Topliss-reactive ketones (excluding diaryl/α,β-unsaturated/α-hetero) is 1. The largest absolute Gasteiger partial charge is 0.294 e. The number of nitro groups is 1. The van der Waals surface area contributed by atoms with Crippen LogP contribution in [0.25, 0.3) is 0 Å². The molecule has 1 aromatic rings. The summed E-state index contributed by atoms with van der Waals surface area (Å²) in [6, 6.07) is 4.61. The van der Waals surface area contributed by atoms with Gasteiger partial charge in [0.1, 0.15) is 0 Å². The predicted octanol–water partition coefficient (Wildman–Crippen LogP) is 4.47. The smallest absolute Gasteiger partial charge is 0.270 e. The molecule has 1 aliphatic carbocycles. The average Bonchev–Trinajstić information content (AvgIpc) is 2.38. The van der Waals surface area contributed by atoms with Gasteiger partial charge in [0.15, 0.2) is 5.78 Å². The number of nitrogens with zero attached hydrogens (tertiary/aromatic N) is 1. The first-order valence-corrected chi connectivity index (χ1v) is 7.81. The molecular weight excluding hydrogens is 274 g/mol. The Morgan fingerprint density at radius 3 is 2.75 bits per heavy atom. The van der Waals surface area contributed by atoms with Crippen LogP contribution in [0.1, 0.15) is 49.9 Å². The van der Waals surface area contributed by atoms with Crippen molar-refractivity contribution in [2.24, 2.45) is 5.92 Å². The number of thioether (sulfide) groups is 1. The molecule has 2 atom stereocenters. The summed E-state index contributed by atoms with van der Waals surface area (Å²) >= 11 is 1.70. The van der Waals surface area contributed by atoms with E-state index in [0.29, 0.717) is 10.8 Å². The van der Waals surface area contributed by atoms with Gasteiger partial charge in [-0.2, -0.15) is 0 Å². The summed E-state index contributed by atoms with van der Waals surface area (Å²) in [4.78, 5) is 22.9. The third kappa shape index (κ3) is 3.60. The minimum Gasteiger partial charge on any atom is -0.294 e. The molecule has 0 saturated heterocycles. The molecule has 0 N–H and O–H groups in total. The van der Waals surface area contributed by atoms with Crippen LogP contribution in [0, 0.1) is 16.0 Å². The quantitative estimate of drug-likeness (QED) is 0.467. The maximum absolute atomic E-state index is 11.7.